The van der Waals surface area contributed by atoms with Crippen molar-refractivity contribution in [1.29, 1.82) is 0 Å². The molecule has 2 bridgehead atoms. The van der Waals surface area contributed by atoms with Gasteiger partial charge in [0.15, 0.2) is 0 Å². The maximum absolute atomic E-state index is 6.16. The number of hydrogen-bond donors (Lipinski definition) is 1. The summed E-state index contributed by atoms with van der Waals surface area (Å²) in [4.78, 5) is 16.2. The molecule has 0 amide bonds. The van der Waals surface area contributed by atoms with Gasteiger partial charge in [-0.3, -0.25) is 0 Å². The van der Waals surface area contributed by atoms with Crippen LogP contribution in [-0.2, 0) is 6.54 Å². The van der Waals surface area contributed by atoms with Crippen molar-refractivity contribution in [3.63, 3.8) is 0 Å². The first-order valence-corrected chi connectivity index (χ1v) is 12.8. The van der Waals surface area contributed by atoms with Crippen molar-refractivity contribution in [2.45, 2.75) is 64.5 Å². The van der Waals surface area contributed by atoms with E-state index in [9.17, 15) is 0 Å². The van der Waals surface area contributed by atoms with Gasteiger partial charge in [0.05, 0.1) is 0 Å². The van der Waals surface area contributed by atoms with Crippen LogP contribution in [-0.4, -0.2) is 43.9 Å². The molecule has 34 heavy (non-hydrogen) atoms. The fourth-order valence-corrected chi connectivity index (χ4v) is 5.80. The van der Waals surface area contributed by atoms with Crippen molar-refractivity contribution in [1.82, 2.24) is 24.7 Å². The predicted octanol–water partition coefficient (Wildman–Crippen LogP) is 5.23. The molecule has 4 heterocycles. The highest BCUT2D eigenvalue weighted by Gasteiger charge is 2.43. The normalized spacial score (nSPS) is 27.0. The minimum atomic E-state index is 0.169. The van der Waals surface area contributed by atoms with Crippen LogP contribution in [0.4, 0.5) is 11.8 Å². The van der Waals surface area contributed by atoms with Gasteiger partial charge in [0.2, 0.25) is 5.95 Å². The van der Waals surface area contributed by atoms with E-state index in [1.165, 1.54) is 12.8 Å². The lowest BCUT2D eigenvalue weighted by Gasteiger charge is -2.38. The lowest BCUT2D eigenvalue weighted by atomic mass is 9.92. The maximum Gasteiger partial charge on any atom is 0.242 e. The van der Waals surface area contributed by atoms with Crippen molar-refractivity contribution in [3.8, 4) is 0 Å². The lowest BCUT2D eigenvalue weighted by molar-refractivity contribution is 0.374. The van der Waals surface area contributed by atoms with E-state index in [0.717, 1.165) is 72.8 Å². The third-order valence-corrected chi connectivity index (χ3v) is 7.89. The molecule has 1 saturated heterocycles. The van der Waals surface area contributed by atoms with Gasteiger partial charge >= 0.3 is 0 Å². The summed E-state index contributed by atoms with van der Waals surface area (Å²) in [5, 5.41) is 9.35. The second-order valence-electron chi connectivity index (χ2n) is 9.84. The van der Waals surface area contributed by atoms with E-state index >= 15 is 0 Å². The Morgan fingerprint density at radius 2 is 1.94 bits per heavy atom. The summed E-state index contributed by atoms with van der Waals surface area (Å²) in [6.07, 6.45) is 13.2. The first-order chi connectivity index (χ1) is 16.5. The molecular formula is C26H34ClN7. The Hall–Kier alpha value is -2.67. The molecule has 1 unspecified atom stereocenters. The molecule has 2 aromatic heterocycles. The molecule has 0 spiro atoms. The number of aromatic nitrogens is 5. The Balaban J connectivity index is 1.31. The Morgan fingerprint density at radius 1 is 1.15 bits per heavy atom. The summed E-state index contributed by atoms with van der Waals surface area (Å²) in [7, 11) is 0. The number of piperidine rings is 1. The Labute approximate surface area is 207 Å². The van der Waals surface area contributed by atoms with Crippen LogP contribution < -0.4 is 10.2 Å². The molecule has 2 fully saturated rings. The summed E-state index contributed by atoms with van der Waals surface area (Å²) in [5.41, 5.74) is 2.05. The monoisotopic (exact) mass is 479 g/mol. The Bertz CT molecular complexity index is 1090. The average Bonchev–Trinajstić information content (AvgIpc) is 3.24. The van der Waals surface area contributed by atoms with Crippen molar-refractivity contribution in [2.24, 2.45) is 11.8 Å². The smallest absolute Gasteiger partial charge is 0.242 e. The van der Waals surface area contributed by atoms with Gasteiger partial charge in [0.25, 0.3) is 0 Å². The highest BCUT2D eigenvalue weighted by molar-refractivity contribution is 6.31. The molecular weight excluding hydrogens is 446 g/mol. The van der Waals surface area contributed by atoms with Crippen LogP contribution in [0.5, 0.6) is 0 Å². The minimum Gasteiger partial charge on any atom is -0.356 e. The molecule has 0 radical (unpaired) electrons. The fourth-order valence-electron chi connectivity index (χ4n) is 5.73. The molecule has 4 atom stereocenters. The van der Waals surface area contributed by atoms with E-state index in [-0.39, 0.29) is 5.92 Å². The number of allylic oxidation sites excluding steroid dienone is 5. The summed E-state index contributed by atoms with van der Waals surface area (Å²) < 4.78 is 2.09. The maximum atomic E-state index is 6.16. The van der Waals surface area contributed by atoms with Crippen LogP contribution in [0, 0.1) is 18.8 Å². The van der Waals surface area contributed by atoms with E-state index in [4.69, 9.17) is 21.7 Å². The number of nitrogens with zero attached hydrogens (tertiary/aromatic N) is 6. The number of anilines is 2. The molecule has 3 aliphatic rings. The molecule has 7 nitrogen and oxygen atoms in total. The van der Waals surface area contributed by atoms with E-state index < -0.39 is 0 Å². The molecule has 0 aromatic carbocycles. The average molecular weight is 480 g/mol. The molecule has 2 aliphatic heterocycles. The quantitative estimate of drug-likeness (QED) is 0.572. The van der Waals surface area contributed by atoms with Gasteiger partial charge in [-0.1, -0.05) is 36.8 Å². The highest BCUT2D eigenvalue weighted by Crippen LogP contribution is 2.40. The van der Waals surface area contributed by atoms with Crippen LogP contribution in [0.2, 0.25) is 0 Å². The minimum absolute atomic E-state index is 0.169. The van der Waals surface area contributed by atoms with E-state index in [0.29, 0.717) is 17.9 Å². The second-order valence-corrected chi connectivity index (χ2v) is 10.3. The molecule has 180 valence electrons. The number of rotatable bonds is 6. The summed E-state index contributed by atoms with van der Waals surface area (Å²) in [6, 6.07) is 2.49. The van der Waals surface area contributed by atoms with Gasteiger partial charge in [0.1, 0.15) is 18.0 Å². The van der Waals surface area contributed by atoms with Crippen molar-refractivity contribution >= 4 is 23.4 Å². The van der Waals surface area contributed by atoms with Gasteiger partial charge in [-0.25, -0.2) is 14.6 Å². The van der Waals surface area contributed by atoms with Gasteiger partial charge in [-0.05, 0) is 63.0 Å². The highest BCUT2D eigenvalue weighted by atomic mass is 35.5. The SMILES string of the molecule is C=C(/C=C\C(Cl)=C/C)[C@H]1CCCCn2nc(NC3[C@@H]4CC[C@H]3CN(c3cc(C)ncn3)C4)nc21. The molecule has 5 rings (SSSR count). The molecule has 1 N–H and O–H groups in total. The van der Waals surface area contributed by atoms with Gasteiger partial charge in [-0.15, -0.1) is 5.10 Å². The molecule has 8 heteroatoms. The first-order valence-electron chi connectivity index (χ1n) is 12.5. The summed E-state index contributed by atoms with van der Waals surface area (Å²) in [5.74, 6) is 4.12. The third-order valence-electron chi connectivity index (χ3n) is 7.55. The summed E-state index contributed by atoms with van der Waals surface area (Å²) >= 11 is 6.16. The van der Waals surface area contributed by atoms with Crippen LogP contribution in [0.25, 0.3) is 0 Å². The largest absolute Gasteiger partial charge is 0.356 e. The van der Waals surface area contributed by atoms with Crippen molar-refractivity contribution < 1.29 is 0 Å². The van der Waals surface area contributed by atoms with E-state index in [1.54, 1.807) is 6.33 Å². The van der Waals surface area contributed by atoms with Gasteiger partial charge in [-0.2, -0.15) is 4.98 Å². The zero-order valence-electron chi connectivity index (χ0n) is 20.1. The number of hydrogen-bond acceptors (Lipinski definition) is 6. The topological polar surface area (TPSA) is 71.8 Å². The van der Waals surface area contributed by atoms with Crippen LogP contribution in [0.3, 0.4) is 0 Å². The standard InChI is InChI=1S/C26H34ClN7/c1-4-21(27)11-8-17(2)22-7-5-6-12-34-25(22)31-26(32-34)30-24-19-9-10-20(24)15-33(14-19)23-13-18(3)28-16-29-23/h4,8,11,13,16,19-20,22,24H,2,5-7,9-10,12,14-15H2,1,3H3,(H,30,32)/b11-8-,21-4+/t19-,20+,22-,24?/m1/s1. The summed E-state index contributed by atoms with van der Waals surface area (Å²) in [6.45, 7) is 11.2. The van der Waals surface area contributed by atoms with Crippen molar-refractivity contribution in [2.75, 3.05) is 23.3 Å². The molecule has 1 aliphatic carbocycles. The third kappa shape index (κ3) is 4.76. The fraction of sp³-hybridized carbons (Fsp3) is 0.538. The Kier molecular flexibility index (Phi) is 6.73. The van der Waals surface area contributed by atoms with E-state index in [2.05, 4.69) is 37.5 Å². The zero-order chi connectivity index (χ0) is 23.7. The number of aryl methyl sites for hydroxylation is 2. The number of nitrogens with one attached hydrogen (secondary N) is 1. The van der Waals surface area contributed by atoms with Crippen LogP contribution in [0.1, 0.15) is 56.5 Å². The number of fused-ring (bicyclic) bond motifs is 3. The van der Waals surface area contributed by atoms with Gasteiger partial charge < -0.3 is 10.2 Å². The lowest BCUT2D eigenvalue weighted by Crippen LogP contribution is -2.48. The molecule has 2 aromatic rings. The predicted molar refractivity (Wildman–Crippen MR) is 137 cm³/mol. The van der Waals surface area contributed by atoms with Gasteiger partial charge in [0, 0.05) is 48.4 Å². The van der Waals surface area contributed by atoms with Crippen LogP contribution in [0.15, 0.2) is 47.8 Å². The first kappa shape index (κ1) is 23.1. The number of halogens is 1. The van der Waals surface area contributed by atoms with Crippen LogP contribution >= 0.6 is 11.6 Å². The Morgan fingerprint density at radius 3 is 2.68 bits per heavy atom. The van der Waals surface area contributed by atoms with E-state index in [1.807, 2.05) is 32.1 Å². The second kappa shape index (κ2) is 9.90. The molecule has 1 saturated carbocycles. The zero-order valence-corrected chi connectivity index (χ0v) is 20.9. The van der Waals surface area contributed by atoms with Crippen molar-refractivity contribution in [3.05, 3.63) is 59.3 Å².